The number of thiophene rings is 1. The van der Waals surface area contributed by atoms with Gasteiger partial charge >= 0.3 is 5.97 Å². The van der Waals surface area contributed by atoms with Crippen molar-refractivity contribution in [2.75, 3.05) is 13.1 Å². The molecule has 1 amide bonds. The Morgan fingerprint density at radius 1 is 1.44 bits per heavy atom. The molecular formula is C11H15NO3S. The second kappa shape index (κ2) is 5.65. The highest BCUT2D eigenvalue weighted by Crippen LogP contribution is 2.16. The molecule has 0 aliphatic carbocycles. The highest BCUT2D eigenvalue weighted by Gasteiger charge is 2.17. The predicted octanol–water partition coefficient (Wildman–Crippen LogP) is 1.99. The summed E-state index contributed by atoms with van der Waals surface area (Å²) in [6.45, 7) is 4.53. The lowest BCUT2D eigenvalue weighted by Gasteiger charge is -2.19. The average molecular weight is 241 g/mol. The number of aryl methyl sites for hydroxylation is 1. The zero-order valence-corrected chi connectivity index (χ0v) is 10.2. The zero-order valence-electron chi connectivity index (χ0n) is 9.40. The number of hydrogen-bond acceptors (Lipinski definition) is 3. The fourth-order valence-electron chi connectivity index (χ4n) is 1.38. The van der Waals surface area contributed by atoms with Crippen LogP contribution in [-0.2, 0) is 4.79 Å². The third kappa shape index (κ3) is 3.06. The minimum absolute atomic E-state index is 0.0111. The minimum Gasteiger partial charge on any atom is -0.481 e. The summed E-state index contributed by atoms with van der Waals surface area (Å²) in [5.74, 6) is -0.962. The molecule has 1 aromatic rings. The molecule has 0 fully saturated rings. The first-order valence-electron chi connectivity index (χ1n) is 5.10. The Balaban J connectivity index is 2.70. The topological polar surface area (TPSA) is 57.6 Å². The van der Waals surface area contributed by atoms with E-state index in [4.69, 9.17) is 5.11 Å². The van der Waals surface area contributed by atoms with Gasteiger partial charge in [-0.05, 0) is 24.8 Å². The molecule has 0 bridgehead atoms. The molecule has 0 saturated heterocycles. The first kappa shape index (κ1) is 12.7. The van der Waals surface area contributed by atoms with Crippen LogP contribution in [0.3, 0.4) is 0 Å². The van der Waals surface area contributed by atoms with E-state index in [2.05, 4.69) is 0 Å². The van der Waals surface area contributed by atoms with Crippen molar-refractivity contribution in [3.8, 4) is 0 Å². The second-order valence-electron chi connectivity index (χ2n) is 3.50. The average Bonchev–Trinajstić information content (AvgIpc) is 2.64. The molecule has 5 heteroatoms. The Hall–Kier alpha value is -1.36. The van der Waals surface area contributed by atoms with Gasteiger partial charge in [0.05, 0.1) is 12.0 Å². The third-order valence-corrected chi connectivity index (χ3v) is 3.21. The van der Waals surface area contributed by atoms with E-state index in [-0.39, 0.29) is 18.9 Å². The van der Waals surface area contributed by atoms with Gasteiger partial charge in [-0.3, -0.25) is 9.59 Å². The molecule has 0 spiro atoms. The lowest BCUT2D eigenvalue weighted by Crippen LogP contribution is -2.32. The third-order valence-electron chi connectivity index (χ3n) is 2.35. The van der Waals surface area contributed by atoms with Crippen molar-refractivity contribution in [1.82, 2.24) is 4.90 Å². The van der Waals surface area contributed by atoms with Crippen molar-refractivity contribution in [1.29, 1.82) is 0 Å². The highest BCUT2D eigenvalue weighted by atomic mass is 32.1. The smallest absolute Gasteiger partial charge is 0.305 e. The van der Waals surface area contributed by atoms with Gasteiger partial charge in [0.1, 0.15) is 0 Å². The molecule has 0 aliphatic rings. The van der Waals surface area contributed by atoms with Crippen molar-refractivity contribution in [2.45, 2.75) is 20.3 Å². The SMILES string of the molecule is CCN(CCC(=O)O)C(=O)c1cscc1C. The molecule has 1 heterocycles. The molecule has 0 radical (unpaired) electrons. The molecule has 0 unspecified atom stereocenters. The van der Waals surface area contributed by atoms with Gasteiger partial charge in [0.15, 0.2) is 0 Å². The van der Waals surface area contributed by atoms with E-state index in [1.54, 1.807) is 10.3 Å². The number of aliphatic carboxylic acids is 1. The lowest BCUT2D eigenvalue weighted by atomic mass is 10.2. The number of nitrogens with zero attached hydrogens (tertiary/aromatic N) is 1. The fourth-order valence-corrected chi connectivity index (χ4v) is 2.21. The molecule has 1 N–H and O–H groups in total. The van der Waals surface area contributed by atoms with Crippen molar-refractivity contribution >= 4 is 23.2 Å². The van der Waals surface area contributed by atoms with Crippen molar-refractivity contribution < 1.29 is 14.7 Å². The quantitative estimate of drug-likeness (QED) is 0.857. The monoisotopic (exact) mass is 241 g/mol. The summed E-state index contributed by atoms with van der Waals surface area (Å²) in [7, 11) is 0. The summed E-state index contributed by atoms with van der Waals surface area (Å²) in [6.07, 6.45) is -0.0111. The number of carbonyl (C=O) groups excluding carboxylic acids is 1. The van der Waals surface area contributed by atoms with Gasteiger partial charge in [-0.1, -0.05) is 0 Å². The number of amides is 1. The molecule has 16 heavy (non-hydrogen) atoms. The number of carboxylic acids is 1. The predicted molar refractivity (Wildman–Crippen MR) is 62.9 cm³/mol. The van der Waals surface area contributed by atoms with E-state index in [0.717, 1.165) is 5.56 Å². The van der Waals surface area contributed by atoms with Crippen molar-refractivity contribution in [3.05, 3.63) is 21.9 Å². The highest BCUT2D eigenvalue weighted by molar-refractivity contribution is 7.08. The molecule has 0 aliphatic heterocycles. The summed E-state index contributed by atoms with van der Waals surface area (Å²) in [5.41, 5.74) is 1.63. The molecule has 4 nitrogen and oxygen atoms in total. The maximum Gasteiger partial charge on any atom is 0.305 e. The maximum absolute atomic E-state index is 12.0. The first-order chi connectivity index (χ1) is 7.56. The van der Waals surface area contributed by atoms with E-state index in [1.165, 1.54) is 11.3 Å². The normalized spacial score (nSPS) is 10.1. The molecular weight excluding hydrogens is 226 g/mol. The van der Waals surface area contributed by atoms with Crippen LogP contribution < -0.4 is 0 Å². The Kier molecular flexibility index (Phi) is 4.49. The van der Waals surface area contributed by atoms with Gasteiger partial charge in [0.2, 0.25) is 0 Å². The summed E-state index contributed by atoms with van der Waals surface area (Å²) in [6, 6.07) is 0. The summed E-state index contributed by atoms with van der Waals surface area (Å²) >= 11 is 1.48. The Labute approximate surface area is 98.5 Å². The van der Waals surface area contributed by atoms with Crippen LogP contribution in [0.1, 0.15) is 29.3 Å². The summed E-state index contributed by atoms with van der Waals surface area (Å²) in [4.78, 5) is 24.0. The lowest BCUT2D eigenvalue weighted by molar-refractivity contribution is -0.137. The Morgan fingerprint density at radius 3 is 2.56 bits per heavy atom. The number of carboxylic acid groups (broad SMARTS) is 1. The number of hydrogen-bond donors (Lipinski definition) is 1. The van der Waals surface area contributed by atoms with E-state index in [1.807, 2.05) is 19.2 Å². The van der Waals surface area contributed by atoms with Crippen LogP contribution >= 0.6 is 11.3 Å². The van der Waals surface area contributed by atoms with Crippen LogP contribution in [0.2, 0.25) is 0 Å². The maximum atomic E-state index is 12.0. The van der Waals surface area contributed by atoms with Crippen molar-refractivity contribution in [2.24, 2.45) is 0 Å². The second-order valence-corrected chi connectivity index (χ2v) is 4.24. The van der Waals surface area contributed by atoms with Gasteiger partial charge in [0, 0.05) is 18.5 Å². The van der Waals surface area contributed by atoms with Crippen LogP contribution in [0, 0.1) is 6.92 Å². The van der Waals surface area contributed by atoms with E-state index in [0.29, 0.717) is 12.1 Å². The van der Waals surface area contributed by atoms with Gasteiger partial charge in [-0.15, -0.1) is 0 Å². The van der Waals surface area contributed by atoms with Crippen molar-refractivity contribution in [3.63, 3.8) is 0 Å². The Bertz CT molecular complexity index is 386. The molecule has 1 aromatic heterocycles. The van der Waals surface area contributed by atoms with E-state index < -0.39 is 5.97 Å². The standard InChI is InChI=1S/C11H15NO3S/c1-3-12(5-4-10(13)14)11(15)9-7-16-6-8(9)2/h6-7H,3-5H2,1-2H3,(H,13,14). The van der Waals surface area contributed by atoms with Gasteiger partial charge < -0.3 is 10.0 Å². The van der Waals surface area contributed by atoms with Crippen LogP contribution in [0.15, 0.2) is 10.8 Å². The first-order valence-corrected chi connectivity index (χ1v) is 6.04. The van der Waals surface area contributed by atoms with Gasteiger partial charge in [-0.2, -0.15) is 11.3 Å². The summed E-state index contributed by atoms with van der Waals surface area (Å²) in [5, 5.41) is 12.3. The fraction of sp³-hybridized carbons (Fsp3) is 0.455. The molecule has 0 aromatic carbocycles. The zero-order chi connectivity index (χ0) is 12.1. The largest absolute Gasteiger partial charge is 0.481 e. The molecule has 1 rings (SSSR count). The van der Waals surface area contributed by atoms with Crippen LogP contribution in [-0.4, -0.2) is 35.0 Å². The number of rotatable bonds is 5. The Morgan fingerprint density at radius 2 is 2.12 bits per heavy atom. The number of carbonyl (C=O) groups is 2. The van der Waals surface area contributed by atoms with Gasteiger partial charge in [0.25, 0.3) is 5.91 Å². The van der Waals surface area contributed by atoms with E-state index in [9.17, 15) is 9.59 Å². The van der Waals surface area contributed by atoms with Crippen LogP contribution in [0.25, 0.3) is 0 Å². The summed E-state index contributed by atoms with van der Waals surface area (Å²) < 4.78 is 0. The minimum atomic E-state index is -0.881. The molecule has 88 valence electrons. The van der Waals surface area contributed by atoms with E-state index >= 15 is 0 Å². The molecule has 0 saturated carbocycles. The van der Waals surface area contributed by atoms with Crippen LogP contribution in [0.4, 0.5) is 0 Å². The van der Waals surface area contributed by atoms with Crippen LogP contribution in [0.5, 0.6) is 0 Å². The van der Waals surface area contributed by atoms with Gasteiger partial charge in [-0.25, -0.2) is 0 Å². The molecule has 0 atom stereocenters.